The highest BCUT2D eigenvalue weighted by molar-refractivity contribution is 6.30. The summed E-state index contributed by atoms with van der Waals surface area (Å²) >= 11 is 5.85. The van der Waals surface area contributed by atoms with Crippen LogP contribution in [0.4, 0.5) is 5.69 Å². The van der Waals surface area contributed by atoms with Gasteiger partial charge in [-0.2, -0.15) is 5.26 Å². The largest absolute Gasteiger partial charge is 0.489 e. The maximum atomic E-state index is 12.4. The van der Waals surface area contributed by atoms with Crippen LogP contribution in [0, 0.1) is 32.1 Å². The quantitative estimate of drug-likeness (QED) is 0.364. The van der Waals surface area contributed by atoms with Gasteiger partial charge < -0.3 is 10.1 Å². The van der Waals surface area contributed by atoms with Gasteiger partial charge in [0.25, 0.3) is 5.91 Å². The fraction of sp³-hybridized carbons (Fsp3) is 0.154. The lowest BCUT2D eigenvalue weighted by molar-refractivity contribution is -0.112. The number of benzene rings is 3. The van der Waals surface area contributed by atoms with Gasteiger partial charge >= 0.3 is 0 Å². The number of anilines is 1. The number of amides is 1. The van der Waals surface area contributed by atoms with Crippen molar-refractivity contribution in [2.75, 3.05) is 5.32 Å². The van der Waals surface area contributed by atoms with Crippen LogP contribution in [0.15, 0.2) is 66.2 Å². The average molecular weight is 431 g/mol. The van der Waals surface area contributed by atoms with Gasteiger partial charge in [0, 0.05) is 10.7 Å². The topological polar surface area (TPSA) is 62.1 Å². The van der Waals surface area contributed by atoms with Gasteiger partial charge in [0.2, 0.25) is 0 Å². The van der Waals surface area contributed by atoms with Gasteiger partial charge in [-0.3, -0.25) is 4.79 Å². The second kappa shape index (κ2) is 9.97. The van der Waals surface area contributed by atoms with E-state index in [0.29, 0.717) is 17.3 Å². The Balaban J connectivity index is 1.67. The Morgan fingerprint density at radius 1 is 1.03 bits per heavy atom. The van der Waals surface area contributed by atoms with Crippen LogP contribution in [0.2, 0.25) is 5.02 Å². The molecule has 0 aliphatic carbocycles. The number of carbonyl (C=O) groups is 1. The maximum absolute atomic E-state index is 12.4. The Kier molecular flexibility index (Phi) is 7.12. The molecule has 0 radical (unpaired) electrons. The number of hydrogen-bond acceptors (Lipinski definition) is 3. The van der Waals surface area contributed by atoms with E-state index in [1.807, 2.05) is 30.3 Å². The fourth-order valence-corrected chi connectivity index (χ4v) is 3.43. The van der Waals surface area contributed by atoms with E-state index in [1.165, 1.54) is 22.3 Å². The SMILES string of the molecule is Cc1cc(C)c(COc2ccc(/C=C(\C#N)C(=O)Nc3ccc(Cl)cc3)cc2)c(C)c1. The van der Waals surface area contributed by atoms with Crippen molar-refractivity contribution in [2.45, 2.75) is 27.4 Å². The molecule has 0 fully saturated rings. The second-order valence-corrected chi connectivity index (χ2v) is 7.80. The normalized spacial score (nSPS) is 11.0. The highest BCUT2D eigenvalue weighted by Gasteiger charge is 2.10. The number of rotatable bonds is 6. The Morgan fingerprint density at radius 3 is 2.23 bits per heavy atom. The van der Waals surface area contributed by atoms with E-state index in [1.54, 1.807) is 30.3 Å². The van der Waals surface area contributed by atoms with E-state index >= 15 is 0 Å². The molecule has 31 heavy (non-hydrogen) atoms. The van der Waals surface area contributed by atoms with E-state index in [4.69, 9.17) is 16.3 Å². The Hall–Kier alpha value is -3.55. The molecule has 3 aromatic carbocycles. The molecule has 0 aromatic heterocycles. The van der Waals surface area contributed by atoms with Crippen LogP contribution in [-0.2, 0) is 11.4 Å². The van der Waals surface area contributed by atoms with E-state index in [-0.39, 0.29) is 5.57 Å². The van der Waals surface area contributed by atoms with Gasteiger partial charge in [-0.05, 0) is 85.5 Å². The lowest BCUT2D eigenvalue weighted by Crippen LogP contribution is -2.13. The standard InChI is InChI=1S/C26H23ClN2O2/c1-17-12-18(2)25(19(3)13-17)16-31-24-10-4-20(5-11-24)14-21(15-28)26(30)29-23-8-6-22(27)7-9-23/h4-14H,16H2,1-3H3,(H,29,30)/b21-14+. The average Bonchev–Trinajstić information content (AvgIpc) is 2.73. The summed E-state index contributed by atoms with van der Waals surface area (Å²) in [6, 6.07) is 20.2. The highest BCUT2D eigenvalue weighted by Crippen LogP contribution is 2.21. The molecule has 156 valence electrons. The Morgan fingerprint density at radius 2 is 1.65 bits per heavy atom. The number of nitrogens with one attached hydrogen (secondary N) is 1. The van der Waals surface area contributed by atoms with E-state index in [0.717, 1.165) is 11.3 Å². The van der Waals surface area contributed by atoms with E-state index < -0.39 is 5.91 Å². The first kappa shape index (κ1) is 22.1. The second-order valence-electron chi connectivity index (χ2n) is 7.37. The van der Waals surface area contributed by atoms with Crippen molar-refractivity contribution in [1.82, 2.24) is 0 Å². The molecule has 4 nitrogen and oxygen atoms in total. The van der Waals surface area contributed by atoms with Crippen molar-refractivity contribution >= 4 is 29.3 Å². The van der Waals surface area contributed by atoms with E-state index in [2.05, 4.69) is 38.2 Å². The zero-order chi connectivity index (χ0) is 22.4. The highest BCUT2D eigenvalue weighted by atomic mass is 35.5. The first-order chi connectivity index (χ1) is 14.9. The van der Waals surface area contributed by atoms with Crippen LogP contribution in [0.3, 0.4) is 0 Å². The third-order valence-corrected chi connectivity index (χ3v) is 5.13. The number of nitrogens with zero attached hydrogens (tertiary/aromatic N) is 1. The van der Waals surface area contributed by atoms with Crippen molar-refractivity contribution in [2.24, 2.45) is 0 Å². The Labute approximate surface area is 187 Å². The van der Waals surface area contributed by atoms with Crippen LogP contribution in [0.5, 0.6) is 5.75 Å². The molecule has 0 atom stereocenters. The summed E-state index contributed by atoms with van der Waals surface area (Å²) in [5.41, 5.74) is 6.15. The molecule has 3 aromatic rings. The summed E-state index contributed by atoms with van der Waals surface area (Å²) in [7, 11) is 0. The number of nitriles is 1. The van der Waals surface area contributed by atoms with Gasteiger partial charge in [-0.1, -0.05) is 41.4 Å². The fourth-order valence-electron chi connectivity index (χ4n) is 3.30. The molecule has 0 aliphatic heterocycles. The molecule has 0 spiro atoms. The van der Waals surface area contributed by atoms with Crippen molar-refractivity contribution in [3.8, 4) is 11.8 Å². The van der Waals surface area contributed by atoms with Gasteiger partial charge in [-0.15, -0.1) is 0 Å². The van der Waals surface area contributed by atoms with Crippen molar-refractivity contribution in [3.63, 3.8) is 0 Å². The van der Waals surface area contributed by atoms with E-state index in [9.17, 15) is 10.1 Å². The van der Waals surface area contributed by atoms with Crippen molar-refractivity contribution in [1.29, 1.82) is 5.26 Å². The molecule has 0 heterocycles. The minimum Gasteiger partial charge on any atom is -0.489 e. The van der Waals surface area contributed by atoms with Crippen LogP contribution in [0.1, 0.15) is 27.8 Å². The summed E-state index contributed by atoms with van der Waals surface area (Å²) in [6.07, 6.45) is 1.54. The van der Waals surface area contributed by atoms with Crippen LogP contribution in [0.25, 0.3) is 6.08 Å². The number of carbonyl (C=O) groups excluding carboxylic acids is 1. The number of halogens is 1. The minimum atomic E-state index is -0.476. The first-order valence-electron chi connectivity index (χ1n) is 9.84. The molecule has 1 amide bonds. The third kappa shape index (κ3) is 5.97. The van der Waals surface area contributed by atoms with Crippen molar-refractivity contribution in [3.05, 3.63) is 99.1 Å². The molecule has 0 saturated carbocycles. The van der Waals surface area contributed by atoms with Crippen molar-refractivity contribution < 1.29 is 9.53 Å². The van der Waals surface area contributed by atoms with Gasteiger partial charge in [0.15, 0.2) is 0 Å². The molecular weight excluding hydrogens is 408 g/mol. The predicted octanol–water partition coefficient (Wildman–Crippen LogP) is 6.39. The van der Waals surface area contributed by atoms with Gasteiger partial charge in [0.05, 0.1) is 0 Å². The van der Waals surface area contributed by atoms with Gasteiger partial charge in [-0.25, -0.2) is 0 Å². The molecule has 0 unspecified atom stereocenters. The summed E-state index contributed by atoms with van der Waals surface area (Å²) in [6.45, 7) is 6.75. The number of aryl methyl sites for hydroxylation is 3. The molecule has 0 saturated heterocycles. The smallest absolute Gasteiger partial charge is 0.266 e. The maximum Gasteiger partial charge on any atom is 0.266 e. The van der Waals surface area contributed by atoms with Crippen LogP contribution >= 0.6 is 11.6 Å². The lowest BCUT2D eigenvalue weighted by atomic mass is 10.0. The predicted molar refractivity (Wildman–Crippen MR) is 125 cm³/mol. The summed E-state index contributed by atoms with van der Waals surface area (Å²) < 4.78 is 5.94. The molecular formula is C26H23ClN2O2. The summed E-state index contributed by atoms with van der Waals surface area (Å²) in [5, 5.41) is 12.7. The summed E-state index contributed by atoms with van der Waals surface area (Å²) in [4.78, 5) is 12.4. The minimum absolute atomic E-state index is 0.00882. The molecule has 0 bridgehead atoms. The first-order valence-corrected chi connectivity index (χ1v) is 10.2. The lowest BCUT2D eigenvalue weighted by Gasteiger charge is -2.13. The monoisotopic (exact) mass is 430 g/mol. The zero-order valence-electron chi connectivity index (χ0n) is 17.7. The Bertz CT molecular complexity index is 1130. The molecule has 1 N–H and O–H groups in total. The summed E-state index contributed by atoms with van der Waals surface area (Å²) in [5.74, 6) is 0.246. The molecule has 0 aliphatic rings. The molecule has 3 rings (SSSR count). The number of ether oxygens (including phenoxy) is 1. The number of hydrogen-bond donors (Lipinski definition) is 1. The van der Waals surface area contributed by atoms with Crippen LogP contribution in [-0.4, -0.2) is 5.91 Å². The third-order valence-electron chi connectivity index (χ3n) is 4.88. The van der Waals surface area contributed by atoms with Gasteiger partial charge in [0.1, 0.15) is 24.0 Å². The molecule has 5 heteroatoms. The van der Waals surface area contributed by atoms with Crippen LogP contribution < -0.4 is 10.1 Å². The zero-order valence-corrected chi connectivity index (χ0v) is 18.5.